The minimum Gasteiger partial charge on any atom is -0.465 e. The van der Waals surface area contributed by atoms with E-state index in [1.165, 1.54) is 19.3 Å². The minimum absolute atomic E-state index is 0.0788. The highest BCUT2D eigenvalue weighted by Gasteiger charge is 2.12. The second-order valence-electron chi connectivity index (χ2n) is 4.39. The number of hydrogen-bond donors (Lipinski definition) is 0. The van der Waals surface area contributed by atoms with Gasteiger partial charge in [0, 0.05) is 6.42 Å². The molecular weight excluding hydrogens is 212 g/mol. The summed E-state index contributed by atoms with van der Waals surface area (Å²) in [6, 6.07) is 7.95. The van der Waals surface area contributed by atoms with E-state index in [1.54, 1.807) is 0 Å². The molecule has 1 aliphatic rings. The molecule has 0 radical (unpaired) electrons. The average molecular weight is 232 g/mol. The summed E-state index contributed by atoms with van der Waals surface area (Å²) in [6.45, 7) is 4.55. The predicted octanol–water partition coefficient (Wildman–Crippen LogP) is 4.02. The Labute approximate surface area is 103 Å². The fourth-order valence-electron chi connectivity index (χ4n) is 1.99. The van der Waals surface area contributed by atoms with E-state index in [9.17, 15) is 0 Å². The Hall–Kier alpha value is -1.28. The third-order valence-electron chi connectivity index (χ3n) is 3.02. The molecule has 1 aliphatic heterocycles. The summed E-state index contributed by atoms with van der Waals surface area (Å²) in [4.78, 5) is 0. The lowest BCUT2D eigenvalue weighted by molar-refractivity contribution is -0.0909. The Morgan fingerprint density at radius 1 is 1.12 bits per heavy atom. The Balaban J connectivity index is 1.90. The van der Waals surface area contributed by atoms with E-state index in [2.05, 4.69) is 6.58 Å². The molecule has 0 saturated carbocycles. The van der Waals surface area contributed by atoms with Crippen LogP contribution in [-0.4, -0.2) is 12.9 Å². The van der Waals surface area contributed by atoms with Crippen LogP contribution in [0.5, 0.6) is 5.75 Å². The van der Waals surface area contributed by atoms with Crippen molar-refractivity contribution in [3.63, 3.8) is 0 Å². The van der Waals surface area contributed by atoms with Crippen LogP contribution in [0.4, 0.5) is 0 Å². The van der Waals surface area contributed by atoms with Crippen molar-refractivity contribution < 1.29 is 9.47 Å². The molecule has 92 valence electrons. The maximum atomic E-state index is 5.83. The summed E-state index contributed by atoms with van der Waals surface area (Å²) in [7, 11) is 0. The lowest BCUT2D eigenvalue weighted by Crippen LogP contribution is -2.22. The standard InChI is InChI=1S/C15H20O2/c1-2-13-8-10-14(11-9-13)17-15-7-5-3-4-6-12-16-15/h2,8-11,15H,1,3-7,12H2. The normalized spacial score (nSPS) is 21.3. The number of hydrogen-bond acceptors (Lipinski definition) is 2. The number of ether oxygens (including phenoxy) is 2. The van der Waals surface area contributed by atoms with Crippen LogP contribution in [0.2, 0.25) is 0 Å². The van der Waals surface area contributed by atoms with Crippen molar-refractivity contribution in [2.45, 2.75) is 38.4 Å². The molecular formula is C15H20O2. The summed E-state index contributed by atoms with van der Waals surface area (Å²) >= 11 is 0. The van der Waals surface area contributed by atoms with Gasteiger partial charge in [0.25, 0.3) is 0 Å². The second-order valence-corrected chi connectivity index (χ2v) is 4.39. The van der Waals surface area contributed by atoms with Crippen LogP contribution in [0, 0.1) is 0 Å². The maximum Gasteiger partial charge on any atom is 0.199 e. The monoisotopic (exact) mass is 232 g/mol. The van der Waals surface area contributed by atoms with Gasteiger partial charge in [0.15, 0.2) is 6.29 Å². The lowest BCUT2D eigenvalue weighted by Gasteiger charge is -2.21. The van der Waals surface area contributed by atoms with E-state index in [0.29, 0.717) is 0 Å². The van der Waals surface area contributed by atoms with Gasteiger partial charge < -0.3 is 9.47 Å². The molecule has 1 heterocycles. The molecule has 1 aromatic rings. The van der Waals surface area contributed by atoms with Gasteiger partial charge in [-0.05, 0) is 30.5 Å². The molecule has 0 N–H and O–H groups in total. The highest BCUT2D eigenvalue weighted by molar-refractivity contribution is 5.48. The van der Waals surface area contributed by atoms with Crippen LogP contribution in [-0.2, 0) is 4.74 Å². The summed E-state index contributed by atoms with van der Waals surface area (Å²) in [5.74, 6) is 0.876. The number of benzene rings is 1. The topological polar surface area (TPSA) is 18.5 Å². The SMILES string of the molecule is C=Cc1ccc(OC2CCCCCCO2)cc1. The summed E-state index contributed by atoms with van der Waals surface area (Å²) < 4.78 is 11.5. The van der Waals surface area contributed by atoms with Gasteiger partial charge in [0.05, 0.1) is 6.61 Å². The van der Waals surface area contributed by atoms with E-state index in [-0.39, 0.29) is 6.29 Å². The van der Waals surface area contributed by atoms with Crippen molar-refractivity contribution in [3.8, 4) is 5.75 Å². The van der Waals surface area contributed by atoms with E-state index < -0.39 is 0 Å². The van der Waals surface area contributed by atoms with Crippen molar-refractivity contribution in [2.24, 2.45) is 0 Å². The van der Waals surface area contributed by atoms with Gasteiger partial charge in [-0.1, -0.05) is 37.6 Å². The van der Waals surface area contributed by atoms with Gasteiger partial charge in [-0.15, -0.1) is 0 Å². The van der Waals surface area contributed by atoms with Crippen LogP contribution in [0.15, 0.2) is 30.8 Å². The van der Waals surface area contributed by atoms with E-state index in [4.69, 9.17) is 9.47 Å². The molecule has 1 saturated heterocycles. The Bertz CT molecular complexity index is 334. The smallest absolute Gasteiger partial charge is 0.199 e. The average Bonchev–Trinajstić information content (AvgIpc) is 2.33. The zero-order valence-corrected chi connectivity index (χ0v) is 10.2. The summed E-state index contributed by atoms with van der Waals surface area (Å²) in [5, 5.41) is 0. The van der Waals surface area contributed by atoms with Crippen molar-refractivity contribution in [1.29, 1.82) is 0 Å². The Kier molecular flexibility index (Phi) is 4.63. The number of rotatable bonds is 3. The summed E-state index contributed by atoms with van der Waals surface area (Å²) in [5.41, 5.74) is 1.11. The highest BCUT2D eigenvalue weighted by Crippen LogP contribution is 2.19. The van der Waals surface area contributed by atoms with Crippen LogP contribution < -0.4 is 4.74 Å². The predicted molar refractivity (Wildman–Crippen MR) is 70.0 cm³/mol. The first kappa shape index (κ1) is 12.2. The van der Waals surface area contributed by atoms with Gasteiger partial charge in [-0.25, -0.2) is 0 Å². The molecule has 0 aromatic heterocycles. The quantitative estimate of drug-likeness (QED) is 0.783. The van der Waals surface area contributed by atoms with Crippen LogP contribution in [0.1, 0.15) is 37.7 Å². The molecule has 17 heavy (non-hydrogen) atoms. The highest BCUT2D eigenvalue weighted by atomic mass is 16.7. The molecule has 2 nitrogen and oxygen atoms in total. The molecule has 0 spiro atoms. The first-order valence-corrected chi connectivity index (χ1v) is 6.39. The van der Waals surface area contributed by atoms with Crippen LogP contribution in [0.3, 0.4) is 0 Å². The first-order chi connectivity index (χ1) is 8.38. The minimum atomic E-state index is -0.0788. The molecule has 1 unspecified atom stereocenters. The fraction of sp³-hybridized carbons (Fsp3) is 0.467. The first-order valence-electron chi connectivity index (χ1n) is 6.39. The van der Waals surface area contributed by atoms with Gasteiger partial charge in [-0.3, -0.25) is 0 Å². The summed E-state index contributed by atoms with van der Waals surface area (Å²) in [6.07, 6.45) is 7.65. The van der Waals surface area contributed by atoms with Crippen molar-refractivity contribution in [3.05, 3.63) is 36.4 Å². The van der Waals surface area contributed by atoms with Crippen LogP contribution in [0.25, 0.3) is 6.08 Å². The van der Waals surface area contributed by atoms with Gasteiger partial charge >= 0.3 is 0 Å². The molecule has 0 bridgehead atoms. The Morgan fingerprint density at radius 3 is 2.65 bits per heavy atom. The molecule has 1 fully saturated rings. The fourth-order valence-corrected chi connectivity index (χ4v) is 1.99. The third-order valence-corrected chi connectivity index (χ3v) is 3.02. The van der Waals surface area contributed by atoms with E-state index in [0.717, 1.165) is 30.8 Å². The van der Waals surface area contributed by atoms with Crippen LogP contribution >= 0.6 is 0 Å². The van der Waals surface area contributed by atoms with Gasteiger partial charge in [0.2, 0.25) is 0 Å². The van der Waals surface area contributed by atoms with E-state index in [1.807, 2.05) is 30.3 Å². The second kappa shape index (κ2) is 6.45. The molecule has 1 atom stereocenters. The van der Waals surface area contributed by atoms with Crippen molar-refractivity contribution in [1.82, 2.24) is 0 Å². The third kappa shape index (κ3) is 3.90. The Morgan fingerprint density at radius 2 is 1.88 bits per heavy atom. The van der Waals surface area contributed by atoms with Crippen molar-refractivity contribution in [2.75, 3.05) is 6.61 Å². The lowest BCUT2D eigenvalue weighted by atomic mass is 10.1. The van der Waals surface area contributed by atoms with E-state index >= 15 is 0 Å². The van der Waals surface area contributed by atoms with Crippen molar-refractivity contribution >= 4 is 6.08 Å². The molecule has 0 aliphatic carbocycles. The largest absolute Gasteiger partial charge is 0.465 e. The zero-order valence-electron chi connectivity index (χ0n) is 10.2. The molecule has 0 amide bonds. The van der Waals surface area contributed by atoms with Gasteiger partial charge in [0.1, 0.15) is 5.75 Å². The molecule has 1 aromatic carbocycles. The molecule has 2 rings (SSSR count). The maximum absolute atomic E-state index is 5.83. The zero-order chi connectivity index (χ0) is 11.9. The van der Waals surface area contributed by atoms with Gasteiger partial charge in [-0.2, -0.15) is 0 Å². The molecule has 2 heteroatoms.